The van der Waals surface area contributed by atoms with Crippen LogP contribution in [0.5, 0.6) is 0 Å². The van der Waals surface area contributed by atoms with E-state index in [9.17, 15) is 14.4 Å². The number of rotatable bonds is 5. The minimum Gasteiger partial charge on any atom is -0.338 e. The molecule has 4 amide bonds. The Bertz CT molecular complexity index is 1040. The molecule has 0 spiro atoms. The van der Waals surface area contributed by atoms with Crippen LogP contribution in [0.4, 0.5) is 10.5 Å². The molecule has 0 aromatic heterocycles. The van der Waals surface area contributed by atoms with Gasteiger partial charge in [0, 0.05) is 18.8 Å². The van der Waals surface area contributed by atoms with E-state index < -0.39 is 0 Å². The number of carbonyl (C=O) groups is 3. The molecule has 1 heterocycles. The molecule has 0 aliphatic carbocycles. The van der Waals surface area contributed by atoms with Crippen molar-refractivity contribution in [3.63, 3.8) is 0 Å². The van der Waals surface area contributed by atoms with Crippen LogP contribution in [-0.4, -0.2) is 35.8 Å². The van der Waals surface area contributed by atoms with Crippen molar-refractivity contribution in [2.24, 2.45) is 0 Å². The van der Waals surface area contributed by atoms with Gasteiger partial charge in [0.2, 0.25) is 0 Å². The number of hydrogen-bond acceptors (Lipinski definition) is 3. The maximum Gasteiger partial charge on any atom is 0.319 e. The van der Waals surface area contributed by atoms with Crippen molar-refractivity contribution in [2.45, 2.75) is 6.42 Å². The summed E-state index contributed by atoms with van der Waals surface area (Å²) in [7, 11) is 0. The standard InChI is InChI=1S/C22H19N3O3/c26-20-18-8-3-4-9-19(18)21(27)25(20)13-5-12-23-22(28)24-17-11-10-15-6-1-2-7-16(15)14-17/h1-4,6-11,14H,5,12-13H2,(H2,23,24,28). The van der Waals surface area contributed by atoms with Crippen LogP contribution in [0.2, 0.25) is 0 Å². The predicted octanol–water partition coefficient (Wildman–Crippen LogP) is 3.65. The predicted molar refractivity (Wildman–Crippen MR) is 107 cm³/mol. The van der Waals surface area contributed by atoms with Crippen molar-refractivity contribution in [1.82, 2.24) is 10.2 Å². The van der Waals surface area contributed by atoms with Gasteiger partial charge < -0.3 is 10.6 Å². The third-order valence-corrected chi connectivity index (χ3v) is 4.73. The Morgan fingerprint density at radius 1 is 0.821 bits per heavy atom. The van der Waals surface area contributed by atoms with Crippen molar-refractivity contribution in [3.8, 4) is 0 Å². The molecule has 1 aliphatic heterocycles. The van der Waals surface area contributed by atoms with E-state index in [0.29, 0.717) is 29.8 Å². The third kappa shape index (κ3) is 3.44. The number of hydrogen-bond donors (Lipinski definition) is 2. The fraction of sp³-hybridized carbons (Fsp3) is 0.136. The largest absolute Gasteiger partial charge is 0.338 e. The summed E-state index contributed by atoms with van der Waals surface area (Å²) in [5.74, 6) is -0.553. The van der Waals surface area contributed by atoms with Gasteiger partial charge in [-0.3, -0.25) is 14.5 Å². The van der Waals surface area contributed by atoms with E-state index in [1.54, 1.807) is 24.3 Å². The Morgan fingerprint density at radius 2 is 1.46 bits per heavy atom. The second kappa shape index (κ2) is 7.52. The Morgan fingerprint density at radius 3 is 2.18 bits per heavy atom. The van der Waals surface area contributed by atoms with Gasteiger partial charge in [0.25, 0.3) is 11.8 Å². The van der Waals surface area contributed by atoms with E-state index in [1.807, 2.05) is 42.5 Å². The van der Waals surface area contributed by atoms with Crippen molar-refractivity contribution >= 4 is 34.3 Å². The zero-order chi connectivity index (χ0) is 19.5. The third-order valence-electron chi connectivity index (χ3n) is 4.73. The van der Waals surface area contributed by atoms with E-state index in [1.165, 1.54) is 4.90 Å². The lowest BCUT2D eigenvalue weighted by molar-refractivity contribution is 0.0653. The Hall–Kier alpha value is -3.67. The monoisotopic (exact) mass is 373 g/mol. The number of nitrogens with zero attached hydrogens (tertiary/aromatic N) is 1. The van der Waals surface area contributed by atoms with Crippen LogP contribution < -0.4 is 10.6 Å². The SMILES string of the molecule is O=C(NCCCN1C(=O)c2ccccc2C1=O)Nc1ccc2ccccc2c1. The summed E-state index contributed by atoms with van der Waals surface area (Å²) in [6.07, 6.45) is 0.483. The van der Waals surface area contributed by atoms with E-state index in [-0.39, 0.29) is 24.4 Å². The second-order valence-corrected chi connectivity index (χ2v) is 6.60. The zero-order valence-electron chi connectivity index (χ0n) is 15.1. The highest BCUT2D eigenvalue weighted by Crippen LogP contribution is 2.22. The molecule has 3 aromatic carbocycles. The molecule has 4 rings (SSSR count). The van der Waals surface area contributed by atoms with Crippen LogP contribution in [0.3, 0.4) is 0 Å². The smallest absolute Gasteiger partial charge is 0.319 e. The normalized spacial score (nSPS) is 12.9. The summed E-state index contributed by atoms with van der Waals surface area (Å²) in [6, 6.07) is 20.1. The first kappa shape index (κ1) is 17.7. The first-order valence-electron chi connectivity index (χ1n) is 9.12. The fourth-order valence-corrected chi connectivity index (χ4v) is 3.32. The molecule has 0 radical (unpaired) electrons. The zero-order valence-corrected chi connectivity index (χ0v) is 15.1. The molecule has 0 saturated heterocycles. The van der Waals surface area contributed by atoms with Crippen LogP contribution >= 0.6 is 0 Å². The fourth-order valence-electron chi connectivity index (χ4n) is 3.32. The highest BCUT2D eigenvalue weighted by atomic mass is 16.2. The summed E-state index contributed by atoms with van der Waals surface area (Å²) in [4.78, 5) is 37.9. The highest BCUT2D eigenvalue weighted by Gasteiger charge is 2.34. The number of urea groups is 1. The molecule has 0 atom stereocenters. The first-order chi connectivity index (χ1) is 13.6. The quantitative estimate of drug-likeness (QED) is 0.529. The summed E-state index contributed by atoms with van der Waals surface area (Å²) < 4.78 is 0. The number of amides is 4. The number of imide groups is 1. The van der Waals surface area contributed by atoms with E-state index in [2.05, 4.69) is 10.6 Å². The molecule has 0 bridgehead atoms. The number of fused-ring (bicyclic) bond motifs is 2. The van der Waals surface area contributed by atoms with Crippen molar-refractivity contribution < 1.29 is 14.4 Å². The van der Waals surface area contributed by atoms with E-state index in [0.717, 1.165) is 10.8 Å². The van der Waals surface area contributed by atoms with Crippen molar-refractivity contribution in [3.05, 3.63) is 77.9 Å². The molecule has 6 heteroatoms. The van der Waals surface area contributed by atoms with Crippen LogP contribution in [-0.2, 0) is 0 Å². The van der Waals surface area contributed by atoms with E-state index in [4.69, 9.17) is 0 Å². The number of anilines is 1. The van der Waals surface area contributed by atoms with Gasteiger partial charge in [0.05, 0.1) is 11.1 Å². The van der Waals surface area contributed by atoms with Gasteiger partial charge in [-0.1, -0.05) is 42.5 Å². The van der Waals surface area contributed by atoms with Crippen LogP contribution in [0.25, 0.3) is 10.8 Å². The Labute approximate surface area is 162 Å². The lowest BCUT2D eigenvalue weighted by atomic mass is 10.1. The molecule has 0 unspecified atom stereocenters. The molecule has 1 aliphatic rings. The molecule has 140 valence electrons. The number of carbonyl (C=O) groups excluding carboxylic acids is 3. The first-order valence-corrected chi connectivity index (χ1v) is 9.12. The minimum atomic E-state index is -0.322. The summed E-state index contributed by atoms with van der Waals surface area (Å²) >= 11 is 0. The van der Waals surface area contributed by atoms with Crippen LogP contribution in [0.1, 0.15) is 27.1 Å². The van der Waals surface area contributed by atoms with Gasteiger partial charge in [-0.25, -0.2) is 4.79 Å². The lowest BCUT2D eigenvalue weighted by Crippen LogP contribution is -2.35. The molecule has 0 saturated carbocycles. The Balaban J connectivity index is 1.27. The summed E-state index contributed by atoms with van der Waals surface area (Å²) in [6.45, 7) is 0.620. The Kier molecular flexibility index (Phi) is 4.76. The van der Waals surface area contributed by atoms with E-state index >= 15 is 0 Å². The minimum absolute atomic E-state index is 0.266. The summed E-state index contributed by atoms with van der Waals surface area (Å²) in [5.41, 5.74) is 1.58. The molecular formula is C22H19N3O3. The van der Waals surface area contributed by atoms with Gasteiger partial charge in [-0.15, -0.1) is 0 Å². The van der Waals surface area contributed by atoms with Gasteiger partial charge in [0.1, 0.15) is 0 Å². The van der Waals surface area contributed by atoms with Gasteiger partial charge in [-0.05, 0) is 41.5 Å². The highest BCUT2D eigenvalue weighted by molar-refractivity contribution is 6.21. The average molecular weight is 373 g/mol. The van der Waals surface area contributed by atoms with Crippen molar-refractivity contribution in [2.75, 3.05) is 18.4 Å². The topological polar surface area (TPSA) is 78.5 Å². The number of nitrogens with one attached hydrogen (secondary N) is 2. The van der Waals surface area contributed by atoms with Crippen LogP contribution in [0, 0.1) is 0 Å². The molecule has 3 aromatic rings. The second-order valence-electron chi connectivity index (χ2n) is 6.60. The van der Waals surface area contributed by atoms with Crippen LogP contribution in [0.15, 0.2) is 66.7 Å². The lowest BCUT2D eigenvalue weighted by Gasteiger charge is -2.14. The molecule has 6 nitrogen and oxygen atoms in total. The molecular weight excluding hydrogens is 354 g/mol. The number of benzene rings is 3. The van der Waals surface area contributed by atoms with Gasteiger partial charge >= 0.3 is 6.03 Å². The molecule has 0 fully saturated rings. The maximum absolute atomic E-state index is 12.3. The average Bonchev–Trinajstić information content (AvgIpc) is 2.96. The van der Waals surface area contributed by atoms with Gasteiger partial charge in [-0.2, -0.15) is 0 Å². The molecule has 2 N–H and O–H groups in total. The van der Waals surface area contributed by atoms with Crippen molar-refractivity contribution in [1.29, 1.82) is 0 Å². The molecule has 28 heavy (non-hydrogen) atoms. The maximum atomic E-state index is 12.3. The van der Waals surface area contributed by atoms with Gasteiger partial charge in [0.15, 0.2) is 0 Å². The summed E-state index contributed by atoms with van der Waals surface area (Å²) in [5, 5.41) is 7.70.